The van der Waals surface area contributed by atoms with E-state index in [9.17, 15) is 13.2 Å². The number of anilines is 2. The molecule has 0 aliphatic carbocycles. The van der Waals surface area contributed by atoms with Gasteiger partial charge in [0.15, 0.2) is 0 Å². The fraction of sp³-hybridized carbons (Fsp3) is 0.333. The van der Waals surface area contributed by atoms with E-state index in [0.29, 0.717) is 59.0 Å². The Hall–Kier alpha value is -3.74. The van der Waals surface area contributed by atoms with Crippen molar-refractivity contribution in [2.24, 2.45) is 5.41 Å². The van der Waals surface area contributed by atoms with Crippen LogP contribution >= 0.6 is 0 Å². The number of hydrogen-bond donors (Lipinski definition) is 0. The zero-order valence-corrected chi connectivity index (χ0v) is 18.7. The molecule has 34 heavy (non-hydrogen) atoms. The van der Waals surface area contributed by atoms with Crippen LogP contribution in [-0.2, 0) is 6.42 Å². The molecule has 0 amide bonds. The van der Waals surface area contributed by atoms with E-state index in [0.717, 1.165) is 19.4 Å². The van der Waals surface area contributed by atoms with Crippen LogP contribution in [0.15, 0.2) is 30.6 Å². The summed E-state index contributed by atoms with van der Waals surface area (Å²) in [6.45, 7) is 4.38. The summed E-state index contributed by atoms with van der Waals surface area (Å²) in [5.74, 6) is 5.87. The summed E-state index contributed by atoms with van der Waals surface area (Å²) in [6, 6.07) is 4.75. The molecule has 4 heterocycles. The molecule has 174 valence electrons. The van der Waals surface area contributed by atoms with Crippen LogP contribution in [0, 0.1) is 30.0 Å². The number of alkyl halides is 3. The number of halogens is 4. The molecule has 5 rings (SSSR count). The summed E-state index contributed by atoms with van der Waals surface area (Å²) in [5, 5.41) is 8.50. The van der Waals surface area contributed by atoms with E-state index in [1.165, 1.54) is 12.3 Å². The number of fused-ring (bicyclic) bond motifs is 4. The maximum absolute atomic E-state index is 15.1. The van der Waals surface area contributed by atoms with E-state index in [1.54, 1.807) is 29.7 Å². The second-order valence-corrected chi connectivity index (χ2v) is 8.76. The largest absolute Gasteiger partial charge is 0.404 e. The van der Waals surface area contributed by atoms with Gasteiger partial charge in [-0.15, -0.1) is 10.2 Å². The van der Waals surface area contributed by atoms with Crippen LogP contribution in [0.5, 0.6) is 0 Å². The van der Waals surface area contributed by atoms with E-state index < -0.39 is 17.4 Å². The van der Waals surface area contributed by atoms with Gasteiger partial charge in [-0.25, -0.2) is 4.39 Å². The normalized spacial score (nSPS) is 14.3. The van der Waals surface area contributed by atoms with Gasteiger partial charge in [0.05, 0.1) is 22.8 Å². The molecule has 0 radical (unpaired) electrons. The second-order valence-electron chi connectivity index (χ2n) is 8.76. The molecule has 0 unspecified atom stereocenters. The molecule has 4 aromatic rings. The highest BCUT2D eigenvalue weighted by molar-refractivity contribution is 5.94. The summed E-state index contributed by atoms with van der Waals surface area (Å²) in [5.41, 5.74) is 0.229. The fourth-order valence-corrected chi connectivity index (χ4v) is 4.10. The van der Waals surface area contributed by atoms with Gasteiger partial charge in [0.1, 0.15) is 22.9 Å². The van der Waals surface area contributed by atoms with Gasteiger partial charge in [-0.05, 0) is 51.3 Å². The summed E-state index contributed by atoms with van der Waals surface area (Å²) in [7, 11) is 0. The minimum absolute atomic E-state index is 0.306. The molecule has 1 aliphatic heterocycles. The topological polar surface area (TPSA) is 59.2 Å². The predicted molar refractivity (Wildman–Crippen MR) is 119 cm³/mol. The highest BCUT2D eigenvalue weighted by Gasteiger charge is 2.46. The maximum Gasteiger partial charge on any atom is 0.404 e. The van der Waals surface area contributed by atoms with E-state index in [1.807, 2.05) is 4.90 Å². The molecule has 0 spiro atoms. The minimum Gasteiger partial charge on any atom is -0.324 e. The number of aryl methyl sites for hydroxylation is 1. The van der Waals surface area contributed by atoms with Gasteiger partial charge >= 0.3 is 6.18 Å². The third-order valence-electron chi connectivity index (χ3n) is 6.08. The Morgan fingerprint density at radius 2 is 1.88 bits per heavy atom. The monoisotopic (exact) mass is 468 g/mol. The van der Waals surface area contributed by atoms with Crippen LogP contribution in [0.2, 0.25) is 0 Å². The summed E-state index contributed by atoms with van der Waals surface area (Å²) in [4.78, 5) is 10.7. The van der Waals surface area contributed by atoms with Crippen molar-refractivity contribution in [1.29, 1.82) is 0 Å². The van der Waals surface area contributed by atoms with Crippen molar-refractivity contribution in [2.45, 2.75) is 39.8 Å². The fourth-order valence-electron chi connectivity index (χ4n) is 4.10. The lowest BCUT2D eigenvalue weighted by Gasteiger charge is -2.31. The van der Waals surface area contributed by atoms with Crippen LogP contribution in [0.25, 0.3) is 16.7 Å². The Bertz CT molecular complexity index is 1490. The smallest absolute Gasteiger partial charge is 0.324 e. The molecular formula is C24H20F4N6. The van der Waals surface area contributed by atoms with Crippen molar-refractivity contribution < 1.29 is 17.6 Å². The Kier molecular flexibility index (Phi) is 4.97. The molecule has 10 heteroatoms. The average Bonchev–Trinajstić information content (AvgIpc) is 3.17. The van der Waals surface area contributed by atoms with Gasteiger partial charge in [-0.3, -0.25) is 9.38 Å². The van der Waals surface area contributed by atoms with Gasteiger partial charge in [0.2, 0.25) is 0 Å². The van der Waals surface area contributed by atoms with Crippen molar-refractivity contribution in [1.82, 2.24) is 24.6 Å². The van der Waals surface area contributed by atoms with Crippen LogP contribution in [-0.4, -0.2) is 37.3 Å². The molecule has 0 saturated carbocycles. The molecule has 1 aromatic carbocycles. The van der Waals surface area contributed by atoms with E-state index in [4.69, 9.17) is 0 Å². The standard InChI is InChI=1S/C24H20F4N6/c1-14-31-32-22-30-21(20-17(25)7-4-8-18(20)34(14)22)33-11-5-6-16-15(12-29-13-19(16)33)9-10-23(2,3)24(26,27)28/h4,7-8,12-13H,5-6,11H2,1-3H3. The molecule has 0 N–H and O–H groups in total. The third-order valence-corrected chi connectivity index (χ3v) is 6.08. The van der Waals surface area contributed by atoms with E-state index in [2.05, 4.69) is 32.0 Å². The van der Waals surface area contributed by atoms with Crippen molar-refractivity contribution in [3.05, 3.63) is 53.4 Å². The van der Waals surface area contributed by atoms with Gasteiger partial charge in [0, 0.05) is 18.3 Å². The number of hydrogen-bond acceptors (Lipinski definition) is 5. The van der Waals surface area contributed by atoms with Gasteiger partial charge in [-0.1, -0.05) is 17.9 Å². The van der Waals surface area contributed by atoms with Gasteiger partial charge < -0.3 is 4.90 Å². The van der Waals surface area contributed by atoms with Gasteiger partial charge in [-0.2, -0.15) is 18.2 Å². The Morgan fingerprint density at radius 1 is 1.09 bits per heavy atom. The third kappa shape index (κ3) is 3.43. The lowest BCUT2D eigenvalue weighted by molar-refractivity contribution is -0.190. The first-order chi connectivity index (χ1) is 16.1. The number of benzene rings is 1. The van der Waals surface area contributed by atoms with Crippen molar-refractivity contribution >= 4 is 28.2 Å². The Labute approximate surface area is 192 Å². The molecular weight excluding hydrogens is 448 g/mol. The number of aromatic nitrogens is 5. The maximum atomic E-state index is 15.1. The summed E-state index contributed by atoms with van der Waals surface area (Å²) in [6.07, 6.45) is -0.0813. The highest BCUT2D eigenvalue weighted by Crippen LogP contribution is 2.39. The SMILES string of the molecule is Cc1nnc2nc(N3CCCc4c(C#CC(C)(C)C(F)(F)F)cncc43)c3c(F)cccc3n12. The molecule has 0 atom stereocenters. The molecule has 0 fully saturated rings. The van der Waals surface area contributed by atoms with Gasteiger partial charge in [0.25, 0.3) is 5.78 Å². The number of nitrogens with zero attached hydrogens (tertiary/aromatic N) is 6. The van der Waals surface area contributed by atoms with Crippen molar-refractivity contribution in [3.63, 3.8) is 0 Å². The van der Waals surface area contributed by atoms with Crippen LogP contribution in [0.4, 0.5) is 29.1 Å². The van der Waals surface area contributed by atoms with Crippen LogP contribution < -0.4 is 4.90 Å². The summed E-state index contributed by atoms with van der Waals surface area (Å²) >= 11 is 0. The Balaban J connectivity index is 1.70. The lowest BCUT2D eigenvalue weighted by atomic mass is 9.92. The molecule has 0 saturated heterocycles. The molecule has 1 aliphatic rings. The van der Waals surface area contributed by atoms with Crippen molar-refractivity contribution in [3.8, 4) is 11.8 Å². The molecule has 3 aromatic heterocycles. The zero-order chi connectivity index (χ0) is 24.3. The first kappa shape index (κ1) is 22.1. The highest BCUT2D eigenvalue weighted by atomic mass is 19.4. The molecule has 6 nitrogen and oxygen atoms in total. The van der Waals surface area contributed by atoms with Crippen LogP contribution in [0.3, 0.4) is 0 Å². The van der Waals surface area contributed by atoms with E-state index >= 15 is 4.39 Å². The Morgan fingerprint density at radius 3 is 2.65 bits per heavy atom. The average molecular weight is 468 g/mol. The zero-order valence-electron chi connectivity index (χ0n) is 18.7. The first-order valence-corrected chi connectivity index (χ1v) is 10.7. The molecule has 0 bridgehead atoms. The predicted octanol–water partition coefficient (Wildman–Crippen LogP) is 5.14. The first-order valence-electron chi connectivity index (χ1n) is 10.7. The quantitative estimate of drug-likeness (QED) is 0.286. The van der Waals surface area contributed by atoms with E-state index in [-0.39, 0.29) is 0 Å². The van der Waals surface area contributed by atoms with Crippen LogP contribution in [0.1, 0.15) is 37.2 Å². The van der Waals surface area contributed by atoms with Crippen molar-refractivity contribution in [2.75, 3.05) is 11.4 Å². The second kappa shape index (κ2) is 7.65. The summed E-state index contributed by atoms with van der Waals surface area (Å²) < 4.78 is 56.7. The number of rotatable bonds is 1. The lowest BCUT2D eigenvalue weighted by Crippen LogP contribution is -2.30. The number of pyridine rings is 1. The minimum atomic E-state index is -4.46.